The lowest BCUT2D eigenvalue weighted by molar-refractivity contribution is 0.285. The summed E-state index contributed by atoms with van der Waals surface area (Å²) in [5.41, 5.74) is 3.90. The highest BCUT2D eigenvalue weighted by molar-refractivity contribution is 6.30. The van der Waals surface area contributed by atoms with Crippen molar-refractivity contribution in [2.45, 2.75) is 57.4 Å². The fourth-order valence-electron chi connectivity index (χ4n) is 3.17. The van der Waals surface area contributed by atoms with Crippen LogP contribution in [0.4, 0.5) is 4.39 Å². The van der Waals surface area contributed by atoms with Gasteiger partial charge in [-0.15, -0.1) is 0 Å². The number of hydrazine groups is 1. The molecule has 2 rings (SSSR count). The van der Waals surface area contributed by atoms with Crippen molar-refractivity contribution in [3.63, 3.8) is 0 Å². The zero-order chi connectivity index (χ0) is 14.4. The normalized spacial score (nSPS) is 19.4. The molecular formula is C16H24ClFN2. The molecule has 1 atom stereocenters. The van der Waals surface area contributed by atoms with Crippen LogP contribution in [0.15, 0.2) is 18.2 Å². The molecule has 20 heavy (non-hydrogen) atoms. The number of hydrogen-bond acceptors (Lipinski definition) is 2. The van der Waals surface area contributed by atoms with E-state index in [1.165, 1.54) is 51.0 Å². The van der Waals surface area contributed by atoms with Crippen molar-refractivity contribution >= 4 is 11.6 Å². The number of hydrogen-bond donors (Lipinski definition) is 2. The van der Waals surface area contributed by atoms with E-state index in [9.17, 15) is 4.39 Å². The second kappa shape index (κ2) is 7.96. The first-order chi connectivity index (χ1) is 9.70. The van der Waals surface area contributed by atoms with Gasteiger partial charge in [0.25, 0.3) is 0 Å². The predicted octanol–water partition coefficient (Wildman–Crippen LogP) is 4.21. The minimum absolute atomic E-state index is 0.178. The standard InChI is InChI=1S/C16H24ClFN2/c17-14-9-8-12(10-15(14)18)11-16(20-19)13-6-4-2-1-3-5-7-13/h8-10,13,16,20H,1-7,11,19H2. The first kappa shape index (κ1) is 15.7. The molecule has 1 aromatic rings. The van der Waals surface area contributed by atoms with Gasteiger partial charge in [-0.25, -0.2) is 4.39 Å². The average molecular weight is 299 g/mol. The summed E-state index contributed by atoms with van der Waals surface area (Å²) in [6.07, 6.45) is 9.74. The quantitative estimate of drug-likeness (QED) is 0.645. The van der Waals surface area contributed by atoms with Crippen LogP contribution < -0.4 is 11.3 Å². The van der Waals surface area contributed by atoms with E-state index in [0.717, 1.165) is 12.0 Å². The van der Waals surface area contributed by atoms with Crippen LogP contribution in [0.5, 0.6) is 0 Å². The molecule has 0 aromatic heterocycles. The van der Waals surface area contributed by atoms with E-state index in [4.69, 9.17) is 17.4 Å². The summed E-state index contributed by atoms with van der Waals surface area (Å²) in [6, 6.07) is 5.25. The zero-order valence-corrected chi connectivity index (χ0v) is 12.6. The third-order valence-corrected chi connectivity index (χ3v) is 4.68. The van der Waals surface area contributed by atoms with Crippen LogP contribution in [0, 0.1) is 11.7 Å². The molecule has 3 N–H and O–H groups in total. The zero-order valence-electron chi connectivity index (χ0n) is 11.9. The summed E-state index contributed by atoms with van der Waals surface area (Å²) in [5, 5.41) is 0.178. The summed E-state index contributed by atoms with van der Waals surface area (Å²) in [5.74, 6) is 5.97. The molecule has 2 nitrogen and oxygen atoms in total. The smallest absolute Gasteiger partial charge is 0.142 e. The summed E-state index contributed by atoms with van der Waals surface area (Å²) in [6.45, 7) is 0. The van der Waals surface area contributed by atoms with Gasteiger partial charge in [-0.1, -0.05) is 49.8 Å². The van der Waals surface area contributed by atoms with Gasteiger partial charge < -0.3 is 0 Å². The summed E-state index contributed by atoms with van der Waals surface area (Å²) >= 11 is 5.72. The maximum atomic E-state index is 13.5. The van der Waals surface area contributed by atoms with E-state index in [0.29, 0.717) is 5.92 Å². The van der Waals surface area contributed by atoms with Gasteiger partial charge in [0, 0.05) is 6.04 Å². The summed E-state index contributed by atoms with van der Waals surface area (Å²) in [7, 11) is 0. The Balaban J connectivity index is 2.00. The third-order valence-electron chi connectivity index (χ3n) is 4.37. The van der Waals surface area contributed by atoms with E-state index < -0.39 is 0 Å². The maximum absolute atomic E-state index is 13.5. The Bertz CT molecular complexity index is 417. The van der Waals surface area contributed by atoms with Gasteiger partial charge in [0.1, 0.15) is 5.82 Å². The number of rotatable bonds is 4. The lowest BCUT2D eigenvalue weighted by atomic mass is 9.83. The average Bonchev–Trinajstić information content (AvgIpc) is 2.40. The van der Waals surface area contributed by atoms with Gasteiger partial charge in [0.05, 0.1) is 5.02 Å². The Morgan fingerprint density at radius 1 is 1.20 bits per heavy atom. The number of nitrogens with two attached hydrogens (primary N) is 1. The van der Waals surface area contributed by atoms with Gasteiger partial charge in [-0.2, -0.15) is 0 Å². The van der Waals surface area contributed by atoms with Crippen LogP contribution in [0.1, 0.15) is 50.5 Å². The molecule has 1 unspecified atom stereocenters. The minimum atomic E-state index is -0.349. The molecule has 0 radical (unpaired) electrons. The molecular weight excluding hydrogens is 275 g/mol. The lowest BCUT2D eigenvalue weighted by Crippen LogP contribution is -2.42. The van der Waals surface area contributed by atoms with Crippen molar-refractivity contribution < 1.29 is 4.39 Å². The van der Waals surface area contributed by atoms with Gasteiger partial charge in [-0.3, -0.25) is 11.3 Å². The fourth-order valence-corrected chi connectivity index (χ4v) is 3.29. The first-order valence-corrected chi connectivity index (χ1v) is 7.98. The van der Waals surface area contributed by atoms with Crippen LogP contribution in [0.25, 0.3) is 0 Å². The topological polar surface area (TPSA) is 38.0 Å². The lowest BCUT2D eigenvalue weighted by Gasteiger charge is -2.28. The summed E-state index contributed by atoms with van der Waals surface area (Å²) < 4.78 is 13.5. The number of nitrogens with one attached hydrogen (secondary N) is 1. The molecule has 0 amide bonds. The van der Waals surface area contributed by atoms with Crippen molar-refractivity contribution in [2.75, 3.05) is 0 Å². The molecule has 0 bridgehead atoms. The van der Waals surface area contributed by atoms with Crippen molar-refractivity contribution in [1.29, 1.82) is 0 Å². The summed E-state index contributed by atoms with van der Waals surface area (Å²) in [4.78, 5) is 0. The van der Waals surface area contributed by atoms with Gasteiger partial charge in [-0.05, 0) is 42.9 Å². The molecule has 112 valence electrons. The highest BCUT2D eigenvalue weighted by atomic mass is 35.5. The molecule has 0 saturated heterocycles. The number of halogens is 2. The van der Waals surface area contributed by atoms with E-state index in [1.807, 2.05) is 6.07 Å². The van der Waals surface area contributed by atoms with Crippen molar-refractivity contribution in [2.24, 2.45) is 11.8 Å². The van der Waals surface area contributed by atoms with E-state index >= 15 is 0 Å². The monoisotopic (exact) mass is 298 g/mol. The molecule has 0 spiro atoms. The highest BCUT2D eigenvalue weighted by Crippen LogP contribution is 2.27. The fraction of sp³-hybridized carbons (Fsp3) is 0.625. The van der Waals surface area contributed by atoms with Crippen molar-refractivity contribution in [3.05, 3.63) is 34.6 Å². The SMILES string of the molecule is NNC(Cc1ccc(Cl)c(F)c1)C1CCCCCCC1. The predicted molar refractivity (Wildman–Crippen MR) is 82.0 cm³/mol. The Morgan fingerprint density at radius 3 is 2.45 bits per heavy atom. The third kappa shape index (κ3) is 4.44. The molecule has 1 aliphatic rings. The molecule has 4 heteroatoms. The van der Waals surface area contributed by atoms with E-state index in [-0.39, 0.29) is 16.9 Å². The Morgan fingerprint density at radius 2 is 1.85 bits per heavy atom. The minimum Gasteiger partial charge on any atom is -0.271 e. The van der Waals surface area contributed by atoms with Crippen LogP contribution in [0.2, 0.25) is 5.02 Å². The number of benzene rings is 1. The highest BCUT2D eigenvalue weighted by Gasteiger charge is 2.21. The van der Waals surface area contributed by atoms with Crippen molar-refractivity contribution in [1.82, 2.24) is 5.43 Å². The molecule has 0 aliphatic heterocycles. The second-order valence-electron chi connectivity index (χ2n) is 5.83. The van der Waals surface area contributed by atoms with Crippen LogP contribution in [0.3, 0.4) is 0 Å². The van der Waals surface area contributed by atoms with E-state index in [2.05, 4.69) is 5.43 Å². The van der Waals surface area contributed by atoms with Crippen LogP contribution >= 0.6 is 11.6 Å². The maximum Gasteiger partial charge on any atom is 0.142 e. The molecule has 1 fully saturated rings. The Hall–Kier alpha value is -0.640. The molecule has 1 aliphatic carbocycles. The Labute approximate surface area is 125 Å². The van der Waals surface area contributed by atoms with Gasteiger partial charge in [0.15, 0.2) is 0 Å². The molecule has 1 saturated carbocycles. The van der Waals surface area contributed by atoms with E-state index in [1.54, 1.807) is 6.07 Å². The first-order valence-electron chi connectivity index (χ1n) is 7.60. The van der Waals surface area contributed by atoms with Gasteiger partial charge >= 0.3 is 0 Å². The Kier molecular flexibility index (Phi) is 6.27. The van der Waals surface area contributed by atoms with Crippen LogP contribution in [-0.2, 0) is 6.42 Å². The van der Waals surface area contributed by atoms with Crippen molar-refractivity contribution in [3.8, 4) is 0 Å². The molecule has 0 heterocycles. The van der Waals surface area contributed by atoms with Crippen LogP contribution in [-0.4, -0.2) is 6.04 Å². The largest absolute Gasteiger partial charge is 0.271 e. The van der Waals surface area contributed by atoms with Gasteiger partial charge in [0.2, 0.25) is 0 Å². The second-order valence-corrected chi connectivity index (χ2v) is 6.24. The molecule has 1 aromatic carbocycles.